The minimum Gasteiger partial charge on any atom is -0.489 e. The van der Waals surface area contributed by atoms with Crippen molar-refractivity contribution in [2.24, 2.45) is 0 Å². The van der Waals surface area contributed by atoms with Crippen molar-refractivity contribution >= 4 is 17.9 Å². The van der Waals surface area contributed by atoms with Crippen molar-refractivity contribution in [3.05, 3.63) is 42.0 Å². The molecule has 0 aromatic heterocycles. The number of hydrogen-bond acceptors (Lipinski definition) is 4. The number of carbonyl (C=O) groups excluding carboxylic acids is 2. The Labute approximate surface area is 139 Å². The van der Waals surface area contributed by atoms with Gasteiger partial charge in [-0.2, -0.15) is 0 Å². The number of aliphatic carboxylic acids is 1. The van der Waals surface area contributed by atoms with Crippen LogP contribution < -0.4 is 10.1 Å². The van der Waals surface area contributed by atoms with Gasteiger partial charge >= 0.3 is 12.0 Å². The van der Waals surface area contributed by atoms with Gasteiger partial charge in [-0.25, -0.2) is 14.5 Å². The number of amides is 3. The Morgan fingerprint density at radius 2 is 1.96 bits per heavy atom. The van der Waals surface area contributed by atoms with Crippen LogP contribution in [0.1, 0.15) is 26.3 Å². The molecule has 1 aliphatic heterocycles. The van der Waals surface area contributed by atoms with E-state index < -0.39 is 29.5 Å². The maximum atomic E-state index is 12.6. The van der Waals surface area contributed by atoms with E-state index in [0.29, 0.717) is 17.9 Å². The molecular formula is C17H20N2O5. The van der Waals surface area contributed by atoms with Crippen LogP contribution in [-0.4, -0.2) is 40.6 Å². The Hall–Kier alpha value is -2.83. The lowest BCUT2D eigenvalue weighted by atomic mass is 9.92. The van der Waals surface area contributed by atoms with Crippen LogP contribution in [-0.2, 0) is 15.1 Å². The van der Waals surface area contributed by atoms with Gasteiger partial charge in [0.05, 0.1) is 0 Å². The van der Waals surface area contributed by atoms with Crippen LogP contribution in [0.15, 0.2) is 36.4 Å². The average Bonchev–Trinajstić information content (AvgIpc) is 2.75. The molecule has 2 rings (SSSR count). The molecule has 1 heterocycles. The third-order valence-electron chi connectivity index (χ3n) is 3.88. The molecule has 7 nitrogen and oxygen atoms in total. The standard InChI is InChI=1S/C17H20N2O5/c1-10(2)9-24-13-7-5-12(6-8-13)17(4)15(22)19(16(23)18-17)11(3)14(20)21/h5-8,11H,1,9H2,2-4H3,(H,18,23)(H,20,21). The zero-order valence-corrected chi connectivity index (χ0v) is 13.8. The van der Waals surface area contributed by atoms with Crippen LogP contribution >= 0.6 is 0 Å². The highest BCUT2D eigenvalue weighted by Crippen LogP contribution is 2.31. The summed E-state index contributed by atoms with van der Waals surface area (Å²) in [6.07, 6.45) is 0. The SMILES string of the molecule is C=C(C)COc1ccc(C2(C)NC(=O)N(C(C)C(=O)O)C2=O)cc1. The Kier molecular flexibility index (Phi) is 4.64. The van der Waals surface area contributed by atoms with Gasteiger partial charge in [-0.3, -0.25) is 4.79 Å². The van der Waals surface area contributed by atoms with E-state index >= 15 is 0 Å². The fourth-order valence-corrected chi connectivity index (χ4v) is 2.41. The molecule has 2 N–H and O–H groups in total. The highest BCUT2D eigenvalue weighted by molar-refractivity contribution is 6.09. The van der Waals surface area contributed by atoms with Crippen LogP contribution in [0.5, 0.6) is 5.75 Å². The molecule has 1 aromatic rings. The molecule has 7 heteroatoms. The second-order valence-electron chi connectivity index (χ2n) is 6.01. The number of benzene rings is 1. The summed E-state index contributed by atoms with van der Waals surface area (Å²) in [5.74, 6) is -1.23. The normalized spacial score (nSPS) is 21.4. The summed E-state index contributed by atoms with van der Waals surface area (Å²) in [5.41, 5.74) is 0.111. The number of carboxylic acid groups (broad SMARTS) is 1. The Morgan fingerprint density at radius 3 is 2.46 bits per heavy atom. The van der Waals surface area contributed by atoms with Crippen molar-refractivity contribution < 1.29 is 24.2 Å². The Balaban J connectivity index is 2.24. The first-order valence-electron chi connectivity index (χ1n) is 7.43. The van der Waals surface area contributed by atoms with Gasteiger partial charge in [0, 0.05) is 0 Å². The number of rotatable bonds is 6. The molecule has 3 amide bonds. The predicted octanol–water partition coefficient (Wildman–Crippen LogP) is 1.88. The van der Waals surface area contributed by atoms with E-state index in [-0.39, 0.29) is 0 Å². The van der Waals surface area contributed by atoms with Gasteiger partial charge in [-0.1, -0.05) is 18.7 Å². The first-order chi connectivity index (χ1) is 11.2. The number of carboxylic acids is 1. The molecule has 0 aliphatic carbocycles. The third kappa shape index (κ3) is 3.10. The molecule has 24 heavy (non-hydrogen) atoms. The molecule has 0 spiro atoms. The van der Waals surface area contributed by atoms with E-state index in [1.807, 2.05) is 6.92 Å². The third-order valence-corrected chi connectivity index (χ3v) is 3.88. The number of urea groups is 1. The number of carbonyl (C=O) groups is 3. The molecule has 1 saturated heterocycles. The molecule has 1 aliphatic rings. The minimum absolute atomic E-state index is 0.385. The van der Waals surface area contributed by atoms with Gasteiger partial charge in [-0.05, 0) is 44.0 Å². The average molecular weight is 332 g/mol. The molecule has 2 atom stereocenters. The molecule has 2 unspecified atom stereocenters. The zero-order valence-electron chi connectivity index (χ0n) is 13.8. The topological polar surface area (TPSA) is 95.9 Å². The molecule has 0 bridgehead atoms. The summed E-state index contributed by atoms with van der Waals surface area (Å²) in [4.78, 5) is 36.5. The van der Waals surface area contributed by atoms with Gasteiger partial charge in [0.15, 0.2) is 0 Å². The summed E-state index contributed by atoms with van der Waals surface area (Å²) in [6.45, 7) is 8.82. The lowest BCUT2D eigenvalue weighted by Gasteiger charge is -2.23. The lowest BCUT2D eigenvalue weighted by Crippen LogP contribution is -2.45. The second-order valence-corrected chi connectivity index (χ2v) is 6.01. The van der Waals surface area contributed by atoms with E-state index in [0.717, 1.165) is 10.5 Å². The van der Waals surface area contributed by atoms with Crippen LogP contribution in [0.2, 0.25) is 0 Å². The van der Waals surface area contributed by atoms with Gasteiger partial charge < -0.3 is 15.2 Å². The lowest BCUT2D eigenvalue weighted by molar-refractivity contribution is -0.147. The van der Waals surface area contributed by atoms with Crippen molar-refractivity contribution in [3.63, 3.8) is 0 Å². The number of hydrogen-bond donors (Lipinski definition) is 2. The maximum absolute atomic E-state index is 12.6. The smallest absolute Gasteiger partial charge is 0.326 e. The molecule has 1 aromatic carbocycles. The Morgan fingerprint density at radius 1 is 1.38 bits per heavy atom. The molecule has 0 radical (unpaired) electrons. The zero-order chi connectivity index (χ0) is 18.1. The van der Waals surface area contributed by atoms with Crippen molar-refractivity contribution in [1.29, 1.82) is 0 Å². The number of imide groups is 1. The van der Waals surface area contributed by atoms with Gasteiger partial charge in [0.2, 0.25) is 0 Å². The van der Waals surface area contributed by atoms with Gasteiger partial charge in [0.1, 0.15) is 23.9 Å². The molecule has 128 valence electrons. The largest absolute Gasteiger partial charge is 0.489 e. The highest BCUT2D eigenvalue weighted by Gasteiger charge is 2.51. The van der Waals surface area contributed by atoms with Crippen molar-refractivity contribution in [3.8, 4) is 5.75 Å². The van der Waals surface area contributed by atoms with E-state index in [4.69, 9.17) is 9.84 Å². The maximum Gasteiger partial charge on any atom is 0.326 e. The monoisotopic (exact) mass is 332 g/mol. The van der Waals surface area contributed by atoms with Gasteiger partial charge in [-0.15, -0.1) is 0 Å². The molecule has 1 fully saturated rings. The summed E-state index contributed by atoms with van der Waals surface area (Å²) < 4.78 is 5.50. The Bertz CT molecular complexity index is 697. The summed E-state index contributed by atoms with van der Waals surface area (Å²) in [6, 6.07) is 4.75. The van der Waals surface area contributed by atoms with E-state index in [9.17, 15) is 14.4 Å². The summed E-state index contributed by atoms with van der Waals surface area (Å²) >= 11 is 0. The first kappa shape index (κ1) is 17.5. The fourth-order valence-electron chi connectivity index (χ4n) is 2.41. The summed E-state index contributed by atoms with van der Waals surface area (Å²) in [7, 11) is 0. The van der Waals surface area contributed by atoms with Crippen LogP contribution in [0.25, 0.3) is 0 Å². The summed E-state index contributed by atoms with van der Waals surface area (Å²) in [5, 5.41) is 11.6. The van der Waals surface area contributed by atoms with Crippen LogP contribution in [0.3, 0.4) is 0 Å². The molecule has 0 saturated carbocycles. The van der Waals surface area contributed by atoms with E-state index in [1.165, 1.54) is 6.92 Å². The highest BCUT2D eigenvalue weighted by atomic mass is 16.5. The van der Waals surface area contributed by atoms with E-state index in [2.05, 4.69) is 11.9 Å². The second kappa shape index (κ2) is 6.35. The fraction of sp³-hybridized carbons (Fsp3) is 0.353. The first-order valence-corrected chi connectivity index (χ1v) is 7.43. The number of nitrogens with one attached hydrogen (secondary N) is 1. The number of ether oxygens (including phenoxy) is 1. The quantitative estimate of drug-likeness (QED) is 0.612. The van der Waals surface area contributed by atoms with Crippen molar-refractivity contribution in [2.75, 3.05) is 6.61 Å². The minimum atomic E-state index is -1.31. The van der Waals surface area contributed by atoms with Gasteiger partial charge in [0.25, 0.3) is 5.91 Å². The molecular weight excluding hydrogens is 312 g/mol. The van der Waals surface area contributed by atoms with Crippen LogP contribution in [0.4, 0.5) is 4.79 Å². The number of nitrogens with zero attached hydrogens (tertiary/aromatic N) is 1. The van der Waals surface area contributed by atoms with Crippen LogP contribution in [0, 0.1) is 0 Å². The van der Waals surface area contributed by atoms with Crippen molar-refractivity contribution in [2.45, 2.75) is 32.4 Å². The predicted molar refractivity (Wildman–Crippen MR) is 86.6 cm³/mol. The van der Waals surface area contributed by atoms with Crippen molar-refractivity contribution in [1.82, 2.24) is 10.2 Å². The van der Waals surface area contributed by atoms with E-state index in [1.54, 1.807) is 31.2 Å².